The van der Waals surface area contributed by atoms with Gasteiger partial charge in [0.05, 0.1) is 18.4 Å². The zero-order valence-corrected chi connectivity index (χ0v) is 14.2. The van der Waals surface area contributed by atoms with E-state index in [-0.39, 0.29) is 17.0 Å². The van der Waals surface area contributed by atoms with E-state index in [1.54, 1.807) is 21.6 Å². The molecule has 0 aliphatic rings. The van der Waals surface area contributed by atoms with Crippen LogP contribution in [0.2, 0.25) is 0 Å². The number of anilines is 1. The van der Waals surface area contributed by atoms with Gasteiger partial charge in [0.15, 0.2) is 0 Å². The van der Waals surface area contributed by atoms with Crippen LogP contribution in [0.5, 0.6) is 0 Å². The van der Waals surface area contributed by atoms with Crippen LogP contribution in [0.25, 0.3) is 0 Å². The van der Waals surface area contributed by atoms with Crippen LogP contribution >= 0.6 is 0 Å². The lowest BCUT2D eigenvalue weighted by Crippen LogP contribution is -2.18. The van der Waals surface area contributed by atoms with Gasteiger partial charge in [-0.05, 0) is 26.7 Å². The Morgan fingerprint density at radius 1 is 1.23 bits per heavy atom. The van der Waals surface area contributed by atoms with E-state index < -0.39 is 10.0 Å². The van der Waals surface area contributed by atoms with E-state index in [4.69, 9.17) is 0 Å². The van der Waals surface area contributed by atoms with Crippen molar-refractivity contribution in [1.82, 2.24) is 19.6 Å². The predicted octanol–water partition coefficient (Wildman–Crippen LogP) is 2.82. The molecular weight excluding hydrogens is 302 g/mol. The second-order valence-corrected chi connectivity index (χ2v) is 7.17. The van der Waals surface area contributed by atoms with Gasteiger partial charge in [0.1, 0.15) is 10.7 Å². The zero-order chi connectivity index (χ0) is 16.3. The van der Waals surface area contributed by atoms with Crippen LogP contribution < -0.4 is 4.72 Å². The maximum Gasteiger partial charge on any atom is 0.266 e. The van der Waals surface area contributed by atoms with Crippen molar-refractivity contribution >= 4 is 15.8 Å². The van der Waals surface area contributed by atoms with Crippen molar-refractivity contribution in [3.63, 3.8) is 0 Å². The van der Waals surface area contributed by atoms with Crippen molar-refractivity contribution in [3.05, 3.63) is 24.7 Å². The lowest BCUT2D eigenvalue weighted by atomic mass is 10.2. The minimum Gasteiger partial charge on any atom is -0.269 e. The maximum atomic E-state index is 12.5. The van der Waals surface area contributed by atoms with E-state index in [9.17, 15) is 8.42 Å². The zero-order valence-electron chi connectivity index (χ0n) is 13.4. The summed E-state index contributed by atoms with van der Waals surface area (Å²) in [6.07, 6.45) is 6.27. The molecule has 1 N–H and O–H groups in total. The Morgan fingerprint density at radius 3 is 2.45 bits per heavy atom. The van der Waals surface area contributed by atoms with Crippen molar-refractivity contribution in [3.8, 4) is 0 Å². The Bertz CT molecular complexity index is 713. The average molecular weight is 325 g/mol. The van der Waals surface area contributed by atoms with Crippen LogP contribution in [-0.2, 0) is 10.0 Å². The molecule has 0 aliphatic heterocycles. The van der Waals surface area contributed by atoms with Gasteiger partial charge in [-0.25, -0.2) is 13.1 Å². The molecule has 2 aromatic rings. The molecule has 0 aliphatic carbocycles. The molecule has 7 nitrogen and oxygen atoms in total. The summed E-state index contributed by atoms with van der Waals surface area (Å²) in [5, 5.41) is 8.31. The number of aromatic nitrogens is 4. The lowest BCUT2D eigenvalue weighted by molar-refractivity contribution is 0.434. The fourth-order valence-corrected chi connectivity index (χ4v) is 3.25. The Kier molecular flexibility index (Phi) is 4.90. The number of nitrogens with zero attached hydrogens (tertiary/aromatic N) is 4. The summed E-state index contributed by atoms with van der Waals surface area (Å²) in [4.78, 5) is 0.151. The Morgan fingerprint density at radius 2 is 1.91 bits per heavy atom. The lowest BCUT2D eigenvalue weighted by Gasteiger charge is -2.17. The summed E-state index contributed by atoms with van der Waals surface area (Å²) in [6, 6.07) is 1.95. The SMILES string of the molecule is CCC(CC)n1nccc1NS(=O)(=O)c1cnn(C(C)C)c1. The van der Waals surface area contributed by atoms with Crippen molar-refractivity contribution in [2.45, 2.75) is 57.5 Å². The highest BCUT2D eigenvalue weighted by Crippen LogP contribution is 2.22. The normalized spacial score (nSPS) is 12.3. The average Bonchev–Trinajstić information content (AvgIpc) is 3.10. The molecule has 0 amide bonds. The largest absolute Gasteiger partial charge is 0.269 e. The van der Waals surface area contributed by atoms with Crippen LogP contribution in [0.4, 0.5) is 5.82 Å². The van der Waals surface area contributed by atoms with Crippen molar-refractivity contribution in [2.75, 3.05) is 4.72 Å². The second kappa shape index (κ2) is 6.51. The van der Waals surface area contributed by atoms with Gasteiger partial charge in [-0.3, -0.25) is 9.40 Å². The molecule has 122 valence electrons. The molecule has 2 aromatic heterocycles. The topological polar surface area (TPSA) is 81.8 Å². The predicted molar refractivity (Wildman–Crippen MR) is 85.3 cm³/mol. The fraction of sp³-hybridized carbons (Fsp3) is 0.571. The first-order chi connectivity index (χ1) is 10.4. The molecule has 22 heavy (non-hydrogen) atoms. The maximum absolute atomic E-state index is 12.5. The third-order valence-corrected chi connectivity index (χ3v) is 4.92. The first-order valence-electron chi connectivity index (χ1n) is 7.49. The van der Waals surface area contributed by atoms with Crippen LogP contribution in [0.1, 0.15) is 52.6 Å². The first kappa shape index (κ1) is 16.5. The van der Waals surface area contributed by atoms with E-state index in [2.05, 4.69) is 28.8 Å². The molecule has 0 radical (unpaired) electrons. The molecule has 0 saturated carbocycles. The van der Waals surface area contributed by atoms with E-state index >= 15 is 0 Å². The summed E-state index contributed by atoms with van der Waals surface area (Å²) in [6.45, 7) is 8.00. The molecule has 0 aromatic carbocycles. The highest BCUT2D eigenvalue weighted by atomic mass is 32.2. The molecule has 0 fully saturated rings. The summed E-state index contributed by atoms with van der Waals surface area (Å²) in [5.41, 5.74) is 0. The summed E-state index contributed by atoms with van der Waals surface area (Å²) in [7, 11) is -3.66. The number of hydrogen-bond donors (Lipinski definition) is 1. The monoisotopic (exact) mass is 325 g/mol. The van der Waals surface area contributed by atoms with E-state index in [1.807, 2.05) is 13.8 Å². The molecule has 0 bridgehead atoms. The molecule has 0 spiro atoms. The van der Waals surface area contributed by atoms with Gasteiger partial charge in [-0.15, -0.1) is 0 Å². The van der Waals surface area contributed by atoms with Crippen molar-refractivity contribution < 1.29 is 8.42 Å². The standard InChI is InChI=1S/C14H23N5O2S/c1-5-12(6-2)19-14(7-8-15-19)17-22(20,21)13-9-16-18(10-13)11(3)4/h7-12,17H,5-6H2,1-4H3. The van der Waals surface area contributed by atoms with Gasteiger partial charge in [0, 0.05) is 18.3 Å². The Balaban J connectivity index is 2.27. The minimum atomic E-state index is -3.66. The molecule has 8 heteroatoms. The Labute approximate surface area is 131 Å². The summed E-state index contributed by atoms with van der Waals surface area (Å²) < 4.78 is 30.9. The fourth-order valence-electron chi connectivity index (χ4n) is 2.26. The molecule has 2 rings (SSSR count). The number of rotatable bonds is 7. The molecule has 0 atom stereocenters. The third kappa shape index (κ3) is 3.32. The Hall–Kier alpha value is -1.83. The summed E-state index contributed by atoms with van der Waals surface area (Å²) in [5.74, 6) is 0.478. The van der Waals surface area contributed by atoms with Gasteiger partial charge in [-0.2, -0.15) is 10.2 Å². The van der Waals surface area contributed by atoms with E-state index in [0.29, 0.717) is 5.82 Å². The smallest absolute Gasteiger partial charge is 0.266 e. The first-order valence-corrected chi connectivity index (χ1v) is 8.97. The van der Waals surface area contributed by atoms with Crippen molar-refractivity contribution in [2.24, 2.45) is 0 Å². The van der Waals surface area contributed by atoms with Gasteiger partial charge in [0.2, 0.25) is 0 Å². The minimum absolute atomic E-state index is 0.110. The third-order valence-electron chi connectivity index (χ3n) is 3.61. The molecule has 2 heterocycles. The van der Waals surface area contributed by atoms with Gasteiger partial charge >= 0.3 is 0 Å². The highest BCUT2D eigenvalue weighted by molar-refractivity contribution is 7.92. The summed E-state index contributed by atoms with van der Waals surface area (Å²) >= 11 is 0. The molecular formula is C14H23N5O2S. The molecule has 0 unspecified atom stereocenters. The van der Waals surface area contributed by atoms with Crippen LogP contribution in [-0.4, -0.2) is 28.0 Å². The highest BCUT2D eigenvalue weighted by Gasteiger charge is 2.20. The van der Waals surface area contributed by atoms with Crippen LogP contribution in [0.3, 0.4) is 0 Å². The van der Waals surface area contributed by atoms with Gasteiger partial charge < -0.3 is 0 Å². The quantitative estimate of drug-likeness (QED) is 0.848. The van der Waals surface area contributed by atoms with Crippen LogP contribution in [0, 0.1) is 0 Å². The second-order valence-electron chi connectivity index (χ2n) is 5.49. The number of sulfonamides is 1. The molecule has 0 saturated heterocycles. The van der Waals surface area contributed by atoms with E-state index in [0.717, 1.165) is 12.8 Å². The van der Waals surface area contributed by atoms with Gasteiger partial charge in [-0.1, -0.05) is 13.8 Å². The van der Waals surface area contributed by atoms with Gasteiger partial charge in [0.25, 0.3) is 10.0 Å². The van der Waals surface area contributed by atoms with Crippen LogP contribution in [0.15, 0.2) is 29.6 Å². The number of nitrogens with one attached hydrogen (secondary N) is 1. The van der Waals surface area contributed by atoms with E-state index in [1.165, 1.54) is 12.4 Å². The number of hydrogen-bond acceptors (Lipinski definition) is 4. The van der Waals surface area contributed by atoms with Crippen molar-refractivity contribution in [1.29, 1.82) is 0 Å².